The van der Waals surface area contributed by atoms with Gasteiger partial charge in [0.2, 0.25) is 0 Å². The molecule has 8 heteroatoms. The van der Waals surface area contributed by atoms with Crippen LogP contribution >= 0.6 is 12.2 Å². The Morgan fingerprint density at radius 3 is 2.52 bits per heavy atom. The van der Waals surface area contributed by atoms with E-state index in [4.69, 9.17) is 12.2 Å². The van der Waals surface area contributed by atoms with Gasteiger partial charge in [-0.1, -0.05) is 0 Å². The molecule has 2 heterocycles. The van der Waals surface area contributed by atoms with Crippen LogP contribution in [0.5, 0.6) is 0 Å². The predicted octanol–water partition coefficient (Wildman–Crippen LogP) is 3.41. The maximum Gasteiger partial charge on any atom is 0.200 e. The van der Waals surface area contributed by atoms with Crippen molar-refractivity contribution in [2.75, 3.05) is 0 Å². The van der Waals surface area contributed by atoms with E-state index in [1.54, 1.807) is 12.1 Å². The van der Waals surface area contributed by atoms with Crippen molar-refractivity contribution in [3.05, 3.63) is 58.9 Å². The highest BCUT2D eigenvalue weighted by Gasteiger charge is 2.18. The number of nitrogens with zero attached hydrogens (tertiary/aromatic N) is 3. The van der Waals surface area contributed by atoms with E-state index in [9.17, 15) is 13.2 Å². The van der Waals surface area contributed by atoms with Crippen LogP contribution in [-0.2, 0) is 0 Å². The van der Waals surface area contributed by atoms with Crippen molar-refractivity contribution < 1.29 is 13.2 Å². The highest BCUT2D eigenvalue weighted by molar-refractivity contribution is 7.71. The van der Waals surface area contributed by atoms with Crippen molar-refractivity contribution in [1.82, 2.24) is 19.7 Å². The van der Waals surface area contributed by atoms with Gasteiger partial charge in [-0.15, -0.1) is 0 Å². The third-order valence-corrected chi connectivity index (χ3v) is 3.10. The zero-order valence-electron chi connectivity index (χ0n) is 10.3. The first-order chi connectivity index (χ1) is 10.1. The summed E-state index contributed by atoms with van der Waals surface area (Å²) in [5.74, 6) is -3.18. The highest BCUT2D eigenvalue weighted by Crippen LogP contribution is 2.24. The Labute approximate surface area is 121 Å². The molecule has 0 unspecified atom stereocenters. The van der Waals surface area contributed by atoms with Crippen LogP contribution in [0.3, 0.4) is 0 Å². The lowest BCUT2D eigenvalue weighted by Gasteiger charge is -2.08. The number of rotatable bonds is 2. The SMILES string of the molecule is Fc1cc(F)c(F)c(-n2c(-c3ccncc3)n[nH]c2=S)c1. The standard InChI is InChI=1S/C13H7F3N4S/c14-8-5-9(15)11(16)10(6-8)20-12(18-19-13(20)21)7-1-3-17-4-2-7/h1-6H,(H,19,21). The quantitative estimate of drug-likeness (QED) is 0.583. The largest absolute Gasteiger partial charge is 0.265 e. The van der Waals surface area contributed by atoms with E-state index in [-0.39, 0.29) is 16.3 Å². The second-order valence-electron chi connectivity index (χ2n) is 4.14. The number of halogens is 3. The molecular formula is C13H7F3N4S. The van der Waals surface area contributed by atoms with E-state index in [1.807, 2.05) is 0 Å². The van der Waals surface area contributed by atoms with Gasteiger partial charge < -0.3 is 0 Å². The van der Waals surface area contributed by atoms with Crippen LogP contribution in [0, 0.1) is 22.2 Å². The molecule has 0 aliphatic heterocycles. The summed E-state index contributed by atoms with van der Waals surface area (Å²) in [5.41, 5.74) is 0.222. The molecule has 0 fully saturated rings. The van der Waals surface area contributed by atoms with Gasteiger partial charge in [0.05, 0.1) is 5.69 Å². The van der Waals surface area contributed by atoms with E-state index in [1.165, 1.54) is 12.4 Å². The Morgan fingerprint density at radius 2 is 1.81 bits per heavy atom. The Kier molecular flexibility index (Phi) is 3.30. The Hall–Kier alpha value is -2.48. The lowest BCUT2D eigenvalue weighted by molar-refractivity contribution is 0.490. The van der Waals surface area contributed by atoms with E-state index in [0.717, 1.165) is 10.6 Å². The first-order valence-electron chi connectivity index (χ1n) is 5.80. The molecule has 0 aliphatic carbocycles. The summed E-state index contributed by atoms with van der Waals surface area (Å²) in [4.78, 5) is 3.86. The summed E-state index contributed by atoms with van der Waals surface area (Å²) in [5, 5.41) is 6.45. The molecule has 21 heavy (non-hydrogen) atoms. The van der Waals surface area contributed by atoms with E-state index < -0.39 is 17.5 Å². The topological polar surface area (TPSA) is 46.5 Å². The van der Waals surface area contributed by atoms with Crippen LogP contribution in [0.4, 0.5) is 13.2 Å². The van der Waals surface area contributed by atoms with Gasteiger partial charge in [-0.25, -0.2) is 13.2 Å². The summed E-state index contributed by atoms with van der Waals surface area (Å²) < 4.78 is 41.9. The van der Waals surface area contributed by atoms with Crippen molar-refractivity contribution in [3.8, 4) is 17.1 Å². The zero-order valence-corrected chi connectivity index (χ0v) is 11.2. The molecule has 0 atom stereocenters. The van der Waals surface area contributed by atoms with Gasteiger partial charge >= 0.3 is 0 Å². The van der Waals surface area contributed by atoms with Crippen molar-refractivity contribution in [2.24, 2.45) is 0 Å². The molecule has 0 spiro atoms. The highest BCUT2D eigenvalue weighted by atomic mass is 32.1. The summed E-state index contributed by atoms with van der Waals surface area (Å²) in [6, 6.07) is 4.56. The Morgan fingerprint density at radius 1 is 1.10 bits per heavy atom. The maximum absolute atomic E-state index is 14.0. The molecule has 0 bridgehead atoms. The Balaban J connectivity index is 2.30. The van der Waals surface area contributed by atoms with Crippen LogP contribution in [0.2, 0.25) is 0 Å². The second-order valence-corrected chi connectivity index (χ2v) is 4.53. The van der Waals surface area contributed by atoms with Crippen LogP contribution in [0.25, 0.3) is 17.1 Å². The molecule has 1 N–H and O–H groups in total. The van der Waals surface area contributed by atoms with Gasteiger partial charge in [-0.05, 0) is 24.4 Å². The molecule has 0 aliphatic rings. The van der Waals surface area contributed by atoms with Crippen molar-refractivity contribution in [3.63, 3.8) is 0 Å². The zero-order chi connectivity index (χ0) is 15.0. The lowest BCUT2D eigenvalue weighted by atomic mass is 10.2. The molecule has 0 radical (unpaired) electrons. The molecule has 3 rings (SSSR count). The van der Waals surface area contributed by atoms with E-state index in [0.29, 0.717) is 11.6 Å². The predicted molar refractivity (Wildman–Crippen MR) is 71.9 cm³/mol. The molecule has 0 saturated heterocycles. The fraction of sp³-hybridized carbons (Fsp3) is 0. The number of aromatic amines is 1. The van der Waals surface area contributed by atoms with Gasteiger partial charge in [0, 0.05) is 30.1 Å². The molecule has 3 aromatic rings. The first kappa shape index (κ1) is 13.5. The fourth-order valence-corrected chi connectivity index (χ4v) is 2.15. The van der Waals surface area contributed by atoms with Crippen molar-refractivity contribution in [1.29, 1.82) is 0 Å². The van der Waals surface area contributed by atoms with Gasteiger partial charge in [0.15, 0.2) is 22.2 Å². The molecule has 0 amide bonds. The number of hydrogen-bond donors (Lipinski definition) is 1. The van der Waals surface area contributed by atoms with Gasteiger partial charge in [0.1, 0.15) is 5.82 Å². The minimum Gasteiger partial charge on any atom is -0.265 e. The monoisotopic (exact) mass is 308 g/mol. The Bertz CT molecular complexity index is 858. The average Bonchev–Trinajstić information content (AvgIpc) is 2.85. The van der Waals surface area contributed by atoms with Crippen LogP contribution in [0.1, 0.15) is 0 Å². The first-order valence-corrected chi connectivity index (χ1v) is 6.21. The summed E-state index contributed by atoms with van der Waals surface area (Å²) >= 11 is 5.02. The van der Waals surface area contributed by atoms with Crippen molar-refractivity contribution in [2.45, 2.75) is 0 Å². The normalized spacial score (nSPS) is 10.8. The lowest BCUT2D eigenvalue weighted by Crippen LogP contribution is -2.04. The minimum atomic E-state index is -1.30. The molecule has 0 saturated carbocycles. The molecular weight excluding hydrogens is 301 g/mol. The number of benzene rings is 1. The van der Waals surface area contributed by atoms with E-state index >= 15 is 0 Å². The summed E-state index contributed by atoms with van der Waals surface area (Å²) in [7, 11) is 0. The fourth-order valence-electron chi connectivity index (χ4n) is 1.92. The minimum absolute atomic E-state index is 0.0192. The average molecular weight is 308 g/mol. The molecule has 2 aromatic heterocycles. The smallest absolute Gasteiger partial charge is 0.200 e. The molecule has 1 aromatic carbocycles. The summed E-state index contributed by atoms with van der Waals surface area (Å²) in [6.45, 7) is 0. The number of hydrogen-bond acceptors (Lipinski definition) is 3. The third kappa shape index (κ3) is 2.33. The van der Waals surface area contributed by atoms with Crippen molar-refractivity contribution >= 4 is 12.2 Å². The molecule has 4 nitrogen and oxygen atoms in total. The summed E-state index contributed by atoms with van der Waals surface area (Å²) in [6.07, 6.45) is 3.03. The number of H-pyrrole nitrogens is 1. The number of nitrogens with one attached hydrogen (secondary N) is 1. The number of aromatic nitrogens is 4. The van der Waals surface area contributed by atoms with E-state index in [2.05, 4.69) is 15.2 Å². The van der Waals surface area contributed by atoms with Crippen LogP contribution in [-0.4, -0.2) is 19.7 Å². The van der Waals surface area contributed by atoms with Gasteiger partial charge in [-0.2, -0.15) is 5.10 Å². The number of pyridine rings is 1. The van der Waals surface area contributed by atoms with Crippen LogP contribution in [0.15, 0.2) is 36.7 Å². The van der Waals surface area contributed by atoms with Crippen LogP contribution < -0.4 is 0 Å². The maximum atomic E-state index is 14.0. The van der Waals surface area contributed by atoms with Gasteiger partial charge in [-0.3, -0.25) is 14.6 Å². The third-order valence-electron chi connectivity index (χ3n) is 2.83. The van der Waals surface area contributed by atoms with Gasteiger partial charge in [0.25, 0.3) is 0 Å². The second kappa shape index (κ2) is 5.13. The molecule has 106 valence electrons.